The Labute approximate surface area is 120 Å². The summed E-state index contributed by atoms with van der Waals surface area (Å²) in [6.45, 7) is 0. The van der Waals surface area contributed by atoms with Crippen LogP contribution in [0.5, 0.6) is 0 Å². The summed E-state index contributed by atoms with van der Waals surface area (Å²) in [5.74, 6) is -1.38. The van der Waals surface area contributed by atoms with Gasteiger partial charge in [-0.1, -0.05) is 0 Å². The molecule has 1 aromatic heterocycles. The number of carboxylic acids is 1. The Morgan fingerprint density at radius 2 is 1.86 bits per heavy atom. The predicted molar refractivity (Wildman–Crippen MR) is 73.7 cm³/mol. The van der Waals surface area contributed by atoms with Gasteiger partial charge in [-0.05, 0) is 31.0 Å². The molecule has 0 radical (unpaired) electrons. The minimum Gasteiger partial charge on any atom is -0.479 e. The van der Waals surface area contributed by atoms with Gasteiger partial charge in [0.25, 0.3) is 5.91 Å². The molecular formula is C14H13N3O4. The standard InChI is InChI=1S/C14H13N3O4/c18-13(11-3-4-12(21-11)14(19)20)17-8-1-2-9-10(7-8)16-6-5-15-9/h1-2,5-7,11-12H,3-4H2,(H,17,18)(H,19,20)/t11-,12+/m0/s1. The summed E-state index contributed by atoms with van der Waals surface area (Å²) >= 11 is 0. The number of amides is 1. The van der Waals surface area contributed by atoms with Crippen LogP contribution in [0.4, 0.5) is 5.69 Å². The van der Waals surface area contributed by atoms with E-state index in [0.29, 0.717) is 24.0 Å². The molecule has 2 aromatic rings. The van der Waals surface area contributed by atoms with Gasteiger partial charge in [0.15, 0.2) is 6.10 Å². The first kappa shape index (κ1) is 13.4. The van der Waals surface area contributed by atoms with E-state index in [1.54, 1.807) is 30.6 Å². The van der Waals surface area contributed by atoms with Crippen LogP contribution in [0.1, 0.15) is 12.8 Å². The Kier molecular flexibility index (Phi) is 3.49. The summed E-state index contributed by atoms with van der Waals surface area (Å²) in [7, 11) is 0. The summed E-state index contributed by atoms with van der Waals surface area (Å²) in [6.07, 6.45) is 2.28. The first-order valence-electron chi connectivity index (χ1n) is 6.53. The first-order valence-corrected chi connectivity index (χ1v) is 6.53. The Balaban J connectivity index is 1.70. The van der Waals surface area contributed by atoms with Crippen molar-refractivity contribution in [1.29, 1.82) is 0 Å². The van der Waals surface area contributed by atoms with Crippen LogP contribution < -0.4 is 5.32 Å². The number of aromatic nitrogens is 2. The van der Waals surface area contributed by atoms with Crippen LogP contribution in [-0.2, 0) is 14.3 Å². The molecule has 1 aliphatic heterocycles. The fraction of sp³-hybridized carbons (Fsp3) is 0.286. The van der Waals surface area contributed by atoms with Crippen molar-refractivity contribution in [3.05, 3.63) is 30.6 Å². The lowest BCUT2D eigenvalue weighted by molar-refractivity contribution is -0.150. The van der Waals surface area contributed by atoms with Gasteiger partial charge in [0, 0.05) is 18.1 Å². The number of ether oxygens (including phenoxy) is 1. The highest BCUT2D eigenvalue weighted by atomic mass is 16.5. The van der Waals surface area contributed by atoms with Crippen LogP contribution >= 0.6 is 0 Å². The van der Waals surface area contributed by atoms with E-state index in [4.69, 9.17) is 9.84 Å². The van der Waals surface area contributed by atoms with Crippen LogP contribution in [-0.4, -0.2) is 39.2 Å². The Hall–Kier alpha value is -2.54. The lowest BCUT2D eigenvalue weighted by atomic mass is 10.2. The number of anilines is 1. The molecule has 7 heteroatoms. The number of carbonyl (C=O) groups excluding carboxylic acids is 1. The normalized spacial score (nSPS) is 21.3. The van der Waals surface area contributed by atoms with Gasteiger partial charge < -0.3 is 15.2 Å². The summed E-state index contributed by atoms with van der Waals surface area (Å²) in [6, 6.07) is 5.19. The number of hydrogen-bond donors (Lipinski definition) is 2. The SMILES string of the molecule is O=C(Nc1ccc2nccnc2c1)[C@@H]1CC[C@H](C(=O)O)O1. The maximum absolute atomic E-state index is 12.1. The maximum Gasteiger partial charge on any atom is 0.332 e. The zero-order valence-corrected chi connectivity index (χ0v) is 11.0. The summed E-state index contributed by atoms with van der Waals surface area (Å²) in [5.41, 5.74) is 1.99. The summed E-state index contributed by atoms with van der Waals surface area (Å²) in [4.78, 5) is 31.2. The number of benzene rings is 1. The maximum atomic E-state index is 12.1. The molecule has 21 heavy (non-hydrogen) atoms. The van der Waals surface area contributed by atoms with Crippen LogP contribution in [0.2, 0.25) is 0 Å². The van der Waals surface area contributed by atoms with E-state index >= 15 is 0 Å². The van der Waals surface area contributed by atoms with Crippen molar-refractivity contribution in [2.24, 2.45) is 0 Å². The molecule has 2 atom stereocenters. The van der Waals surface area contributed by atoms with E-state index in [0.717, 1.165) is 5.52 Å². The third-order valence-corrected chi connectivity index (χ3v) is 3.32. The van der Waals surface area contributed by atoms with Gasteiger partial charge >= 0.3 is 5.97 Å². The quantitative estimate of drug-likeness (QED) is 0.879. The number of aliphatic carboxylic acids is 1. The van der Waals surface area contributed by atoms with Crippen LogP contribution in [0.15, 0.2) is 30.6 Å². The molecule has 0 spiro atoms. The molecule has 0 unspecified atom stereocenters. The fourth-order valence-corrected chi connectivity index (χ4v) is 2.28. The predicted octanol–water partition coefficient (Wildman–Crippen LogP) is 1.20. The molecule has 0 aliphatic carbocycles. The highest BCUT2D eigenvalue weighted by Crippen LogP contribution is 2.22. The number of rotatable bonds is 3. The summed E-state index contributed by atoms with van der Waals surface area (Å²) < 4.78 is 5.20. The van der Waals surface area contributed by atoms with E-state index in [1.165, 1.54) is 0 Å². The second kappa shape index (κ2) is 5.45. The number of nitrogens with one attached hydrogen (secondary N) is 1. The molecular weight excluding hydrogens is 274 g/mol. The molecule has 2 N–H and O–H groups in total. The minimum atomic E-state index is -1.04. The van der Waals surface area contributed by atoms with E-state index in [2.05, 4.69) is 15.3 Å². The average Bonchev–Trinajstić information content (AvgIpc) is 2.97. The van der Waals surface area contributed by atoms with Crippen LogP contribution in [0, 0.1) is 0 Å². The fourth-order valence-electron chi connectivity index (χ4n) is 2.28. The molecule has 1 saturated heterocycles. The largest absolute Gasteiger partial charge is 0.479 e. The van der Waals surface area contributed by atoms with Crippen molar-refractivity contribution >= 4 is 28.6 Å². The third-order valence-electron chi connectivity index (χ3n) is 3.32. The van der Waals surface area contributed by atoms with Crippen molar-refractivity contribution in [3.8, 4) is 0 Å². The highest BCUT2D eigenvalue weighted by molar-refractivity contribution is 5.96. The van der Waals surface area contributed by atoms with Gasteiger partial charge in [-0.25, -0.2) is 4.79 Å². The number of nitrogens with zero attached hydrogens (tertiary/aromatic N) is 2. The van der Waals surface area contributed by atoms with Crippen molar-refractivity contribution in [1.82, 2.24) is 9.97 Å². The number of carbonyl (C=O) groups is 2. The second-order valence-corrected chi connectivity index (χ2v) is 4.78. The molecule has 1 aromatic carbocycles. The van der Waals surface area contributed by atoms with E-state index in [9.17, 15) is 9.59 Å². The van der Waals surface area contributed by atoms with Crippen molar-refractivity contribution in [3.63, 3.8) is 0 Å². The van der Waals surface area contributed by atoms with E-state index in [-0.39, 0.29) is 5.91 Å². The van der Waals surface area contributed by atoms with Crippen LogP contribution in [0.3, 0.4) is 0 Å². The van der Waals surface area contributed by atoms with Gasteiger partial charge in [-0.3, -0.25) is 14.8 Å². The zero-order valence-electron chi connectivity index (χ0n) is 11.0. The van der Waals surface area contributed by atoms with Gasteiger partial charge in [0.2, 0.25) is 0 Å². The van der Waals surface area contributed by atoms with Gasteiger partial charge in [0.05, 0.1) is 11.0 Å². The van der Waals surface area contributed by atoms with E-state index in [1.807, 2.05) is 0 Å². The van der Waals surface area contributed by atoms with Crippen LogP contribution in [0.25, 0.3) is 11.0 Å². The van der Waals surface area contributed by atoms with Gasteiger partial charge in [-0.15, -0.1) is 0 Å². The van der Waals surface area contributed by atoms with Gasteiger partial charge in [-0.2, -0.15) is 0 Å². The molecule has 0 saturated carbocycles. The topological polar surface area (TPSA) is 101 Å². The molecule has 108 valence electrons. The monoisotopic (exact) mass is 287 g/mol. The molecule has 1 fully saturated rings. The van der Waals surface area contributed by atoms with E-state index < -0.39 is 18.2 Å². The number of fused-ring (bicyclic) bond motifs is 1. The van der Waals surface area contributed by atoms with Crippen molar-refractivity contribution < 1.29 is 19.4 Å². The average molecular weight is 287 g/mol. The third kappa shape index (κ3) is 2.82. The lowest BCUT2D eigenvalue weighted by Gasteiger charge is -2.12. The Morgan fingerprint density at radius 1 is 1.14 bits per heavy atom. The highest BCUT2D eigenvalue weighted by Gasteiger charge is 2.34. The smallest absolute Gasteiger partial charge is 0.332 e. The molecule has 1 aliphatic rings. The van der Waals surface area contributed by atoms with Crippen molar-refractivity contribution in [2.75, 3.05) is 5.32 Å². The van der Waals surface area contributed by atoms with Gasteiger partial charge in [0.1, 0.15) is 6.10 Å². The molecule has 2 heterocycles. The number of hydrogen-bond acceptors (Lipinski definition) is 5. The molecule has 3 rings (SSSR count). The molecule has 7 nitrogen and oxygen atoms in total. The van der Waals surface area contributed by atoms with Crippen molar-refractivity contribution in [2.45, 2.75) is 25.0 Å². The molecule has 1 amide bonds. The first-order chi connectivity index (χ1) is 10.1. The lowest BCUT2D eigenvalue weighted by Crippen LogP contribution is -2.29. The summed E-state index contributed by atoms with van der Waals surface area (Å²) in [5, 5.41) is 11.6. The Bertz CT molecular complexity index is 703. The second-order valence-electron chi connectivity index (χ2n) is 4.78. The Morgan fingerprint density at radius 3 is 2.57 bits per heavy atom. The molecule has 0 bridgehead atoms. The number of carboxylic acid groups (broad SMARTS) is 1. The zero-order chi connectivity index (χ0) is 14.8. The minimum absolute atomic E-state index is 0.344.